The maximum atomic E-state index is 13.5. The number of benzene rings is 3. The summed E-state index contributed by atoms with van der Waals surface area (Å²) < 4.78 is 40.4. The van der Waals surface area contributed by atoms with E-state index in [2.05, 4.69) is 20.9 Å². The maximum absolute atomic E-state index is 13.5. The fourth-order valence-electron chi connectivity index (χ4n) is 5.13. The second-order valence-corrected chi connectivity index (χ2v) is 10.0. The summed E-state index contributed by atoms with van der Waals surface area (Å²) in [5.41, 5.74) is 1.64. The van der Waals surface area contributed by atoms with Crippen molar-refractivity contribution in [3.63, 3.8) is 0 Å². The average molecular weight is 547 g/mol. The van der Waals surface area contributed by atoms with Gasteiger partial charge in [0, 0.05) is 34.4 Å². The third-order valence-corrected chi connectivity index (χ3v) is 6.99. The van der Waals surface area contributed by atoms with Crippen LogP contribution in [0.25, 0.3) is 10.9 Å². The molecule has 0 unspecified atom stereocenters. The van der Waals surface area contributed by atoms with E-state index in [1.165, 1.54) is 0 Å². The van der Waals surface area contributed by atoms with E-state index in [-0.39, 0.29) is 35.8 Å². The van der Waals surface area contributed by atoms with Gasteiger partial charge in [-0.1, -0.05) is 48.5 Å². The number of amides is 2. The molecule has 0 spiro atoms. The molecule has 3 aromatic carbocycles. The molecule has 0 radical (unpaired) electrons. The van der Waals surface area contributed by atoms with Crippen molar-refractivity contribution in [2.24, 2.45) is 0 Å². The molecule has 206 valence electrons. The normalized spacial score (nSPS) is 17.3. The summed E-state index contributed by atoms with van der Waals surface area (Å²) in [5.74, 6) is -0.377. The zero-order valence-electron chi connectivity index (χ0n) is 21.7. The molecular formula is C31H29F3N4O2. The molecule has 6 nitrogen and oxygen atoms in total. The monoisotopic (exact) mass is 546 g/mol. The van der Waals surface area contributed by atoms with Gasteiger partial charge in [-0.05, 0) is 67.6 Å². The first-order chi connectivity index (χ1) is 19.2. The van der Waals surface area contributed by atoms with Crippen molar-refractivity contribution >= 4 is 34.1 Å². The lowest BCUT2D eigenvalue weighted by molar-refractivity contribution is -0.140. The van der Waals surface area contributed by atoms with Crippen LogP contribution in [0.2, 0.25) is 0 Å². The van der Waals surface area contributed by atoms with Crippen LogP contribution in [0.3, 0.4) is 0 Å². The Kier molecular flexibility index (Phi) is 8.00. The van der Waals surface area contributed by atoms with Gasteiger partial charge >= 0.3 is 6.18 Å². The van der Waals surface area contributed by atoms with Crippen molar-refractivity contribution in [2.45, 2.75) is 50.4 Å². The molecule has 1 aliphatic carbocycles. The van der Waals surface area contributed by atoms with Gasteiger partial charge in [0.1, 0.15) is 5.69 Å². The van der Waals surface area contributed by atoms with Crippen LogP contribution in [0, 0.1) is 0 Å². The number of alkyl halides is 3. The Morgan fingerprint density at radius 2 is 1.62 bits per heavy atom. The number of nitrogens with zero attached hydrogens (tertiary/aromatic N) is 1. The van der Waals surface area contributed by atoms with E-state index in [9.17, 15) is 22.8 Å². The second kappa shape index (κ2) is 11.8. The van der Waals surface area contributed by atoms with Crippen LogP contribution < -0.4 is 16.0 Å². The van der Waals surface area contributed by atoms with Crippen LogP contribution in [-0.2, 0) is 17.4 Å². The first-order valence-corrected chi connectivity index (χ1v) is 13.2. The standard InChI is InChI=1S/C31H29F3N4O2/c32-31(33,34)28-19-27(25-14-4-5-15-26(25)38-28)35-23-12-7-13-24(18-23)36-29(39)17-20-8-6-11-22(16-20)37-30(40)21-9-2-1-3-10-21/h1-6,8-11,14-16,19,23-24H,7,12-13,17-18H2,(H,35,38)(H,36,39)(H,37,40)/t23-,24+/m0/s1. The van der Waals surface area contributed by atoms with Gasteiger partial charge < -0.3 is 16.0 Å². The van der Waals surface area contributed by atoms with Gasteiger partial charge in [-0.3, -0.25) is 9.59 Å². The highest BCUT2D eigenvalue weighted by Gasteiger charge is 2.34. The lowest BCUT2D eigenvalue weighted by Gasteiger charge is -2.31. The average Bonchev–Trinajstić information content (AvgIpc) is 2.93. The van der Waals surface area contributed by atoms with Crippen LogP contribution in [0.1, 0.15) is 47.3 Å². The Labute approximate surface area is 230 Å². The molecule has 1 aromatic heterocycles. The minimum atomic E-state index is -4.55. The van der Waals surface area contributed by atoms with Gasteiger partial charge in [0.25, 0.3) is 5.91 Å². The van der Waals surface area contributed by atoms with Gasteiger partial charge in [-0.2, -0.15) is 13.2 Å². The molecule has 1 saturated carbocycles. The minimum absolute atomic E-state index is 0.0949. The number of para-hydroxylation sites is 1. The Balaban J connectivity index is 1.20. The van der Waals surface area contributed by atoms with Crippen molar-refractivity contribution in [1.82, 2.24) is 10.3 Å². The van der Waals surface area contributed by atoms with Crippen LogP contribution in [0.5, 0.6) is 0 Å². The fourth-order valence-corrected chi connectivity index (χ4v) is 5.13. The fraction of sp³-hybridized carbons (Fsp3) is 0.258. The summed E-state index contributed by atoms with van der Waals surface area (Å²) in [6.07, 6.45) is -1.40. The SMILES string of the molecule is O=C(Cc1cccc(NC(=O)c2ccccc2)c1)N[C@@H]1CCC[C@H](Nc2cc(C(F)(F)F)nc3ccccc23)C1. The van der Waals surface area contributed by atoms with Crippen molar-refractivity contribution in [2.75, 3.05) is 10.6 Å². The smallest absolute Gasteiger partial charge is 0.382 e. The number of hydrogen-bond donors (Lipinski definition) is 3. The molecule has 2 amide bonds. The van der Waals surface area contributed by atoms with Gasteiger partial charge in [0.2, 0.25) is 5.91 Å². The van der Waals surface area contributed by atoms with E-state index in [0.717, 1.165) is 30.9 Å². The largest absolute Gasteiger partial charge is 0.433 e. The van der Waals surface area contributed by atoms with E-state index in [4.69, 9.17) is 0 Å². The quantitative estimate of drug-likeness (QED) is 0.244. The van der Waals surface area contributed by atoms with Crippen LogP contribution >= 0.6 is 0 Å². The van der Waals surface area contributed by atoms with Gasteiger partial charge in [0.15, 0.2) is 0 Å². The number of rotatable bonds is 7. The highest BCUT2D eigenvalue weighted by Crippen LogP contribution is 2.34. The molecule has 0 aliphatic heterocycles. The zero-order chi connectivity index (χ0) is 28.1. The summed E-state index contributed by atoms with van der Waals surface area (Å²) in [6, 6.07) is 23.7. The number of hydrogen-bond acceptors (Lipinski definition) is 4. The molecule has 40 heavy (non-hydrogen) atoms. The van der Waals surface area contributed by atoms with E-state index in [0.29, 0.717) is 28.7 Å². The van der Waals surface area contributed by atoms with Crippen LogP contribution in [0.4, 0.5) is 24.5 Å². The summed E-state index contributed by atoms with van der Waals surface area (Å²) in [6.45, 7) is 0. The first kappa shape index (κ1) is 27.2. The molecule has 2 atom stereocenters. The number of pyridine rings is 1. The Morgan fingerprint density at radius 3 is 2.42 bits per heavy atom. The van der Waals surface area contributed by atoms with E-state index in [1.54, 1.807) is 66.7 Å². The number of carbonyl (C=O) groups is 2. The number of fused-ring (bicyclic) bond motifs is 1. The highest BCUT2D eigenvalue weighted by atomic mass is 19.4. The second-order valence-electron chi connectivity index (χ2n) is 10.0. The van der Waals surface area contributed by atoms with Crippen molar-refractivity contribution in [1.29, 1.82) is 0 Å². The maximum Gasteiger partial charge on any atom is 0.433 e. The number of anilines is 2. The predicted octanol–water partition coefficient (Wildman–Crippen LogP) is 6.59. The summed E-state index contributed by atoms with van der Waals surface area (Å²) in [5, 5.41) is 9.86. The van der Waals surface area contributed by atoms with Crippen molar-refractivity contribution in [3.8, 4) is 0 Å². The topological polar surface area (TPSA) is 83.1 Å². The van der Waals surface area contributed by atoms with E-state index >= 15 is 0 Å². The Morgan fingerprint density at radius 1 is 0.875 bits per heavy atom. The number of carbonyl (C=O) groups excluding carboxylic acids is 2. The minimum Gasteiger partial charge on any atom is -0.382 e. The summed E-state index contributed by atoms with van der Waals surface area (Å²) in [4.78, 5) is 29.1. The predicted molar refractivity (Wildman–Crippen MR) is 149 cm³/mol. The number of aromatic nitrogens is 1. The first-order valence-electron chi connectivity index (χ1n) is 13.2. The third kappa shape index (κ3) is 6.77. The molecule has 0 bridgehead atoms. The van der Waals surface area contributed by atoms with Gasteiger partial charge in [-0.15, -0.1) is 0 Å². The molecular weight excluding hydrogens is 517 g/mol. The zero-order valence-corrected chi connectivity index (χ0v) is 21.7. The molecule has 9 heteroatoms. The molecule has 3 N–H and O–H groups in total. The number of halogens is 3. The Bertz CT molecular complexity index is 1510. The lowest BCUT2D eigenvalue weighted by atomic mass is 9.90. The van der Waals surface area contributed by atoms with E-state index < -0.39 is 11.9 Å². The highest BCUT2D eigenvalue weighted by molar-refractivity contribution is 6.04. The van der Waals surface area contributed by atoms with Gasteiger partial charge in [0.05, 0.1) is 11.9 Å². The van der Waals surface area contributed by atoms with Crippen molar-refractivity contribution < 1.29 is 22.8 Å². The van der Waals surface area contributed by atoms with Crippen LogP contribution in [-0.4, -0.2) is 28.9 Å². The Hall–Kier alpha value is -4.40. The molecule has 4 aromatic rings. The molecule has 5 rings (SSSR count). The molecule has 1 heterocycles. The lowest BCUT2D eigenvalue weighted by Crippen LogP contribution is -2.42. The summed E-state index contributed by atoms with van der Waals surface area (Å²) >= 11 is 0. The third-order valence-electron chi connectivity index (χ3n) is 6.99. The van der Waals surface area contributed by atoms with Crippen LogP contribution in [0.15, 0.2) is 84.9 Å². The molecule has 0 saturated heterocycles. The van der Waals surface area contributed by atoms with Gasteiger partial charge in [-0.25, -0.2) is 4.98 Å². The summed E-state index contributed by atoms with van der Waals surface area (Å²) in [7, 11) is 0. The number of nitrogens with one attached hydrogen (secondary N) is 3. The molecule has 1 aliphatic rings. The van der Waals surface area contributed by atoms with E-state index in [1.807, 2.05) is 12.1 Å². The molecule has 1 fully saturated rings. The van der Waals surface area contributed by atoms with Crippen molar-refractivity contribution in [3.05, 3.63) is 102 Å².